The average Bonchev–Trinajstić information content (AvgIpc) is 3.67. The third-order valence-electron chi connectivity index (χ3n) is 8.77. The van der Waals surface area contributed by atoms with Crippen molar-refractivity contribution in [1.29, 1.82) is 0 Å². The minimum atomic E-state index is -1.71. The van der Waals surface area contributed by atoms with Crippen LogP contribution in [0.4, 0.5) is 0 Å². The van der Waals surface area contributed by atoms with E-state index in [0.717, 1.165) is 66.4 Å². The van der Waals surface area contributed by atoms with Gasteiger partial charge in [0.2, 0.25) is 0 Å². The number of hydrogen-bond donors (Lipinski definition) is 0. The second-order valence-electron chi connectivity index (χ2n) is 15.5. The molecule has 0 fully saturated rings. The van der Waals surface area contributed by atoms with Gasteiger partial charge in [0.15, 0.2) is 0 Å². The van der Waals surface area contributed by atoms with Crippen LogP contribution in [0.25, 0.3) is 55.6 Å². The molecule has 0 aliphatic carbocycles. The predicted octanol–water partition coefficient (Wildman–Crippen LogP) is 11.6. The van der Waals surface area contributed by atoms with Crippen molar-refractivity contribution in [3.05, 3.63) is 114 Å². The SMILES string of the molecule is CC(C)n1c(-c2[c-]ccc3c2oc2ccccc23)nc2ccccc21.[2H]C([2H])(c1cc(-c2[c-]ccc(C(C)(C)C)c2)ncc1[Si](C)(C)C)C(C)C.[Ir]. The van der Waals surface area contributed by atoms with Crippen LogP contribution in [-0.4, -0.2) is 22.6 Å². The van der Waals surface area contributed by atoms with E-state index in [4.69, 9.17) is 17.1 Å². The molecule has 0 atom stereocenters. The van der Waals surface area contributed by atoms with Crippen molar-refractivity contribution in [2.45, 2.75) is 85.9 Å². The quantitative estimate of drug-likeness (QED) is 0.124. The molecule has 0 spiro atoms. The molecule has 261 valence electrons. The fraction of sp³-hybridized carbons (Fsp3) is 0.318. The molecule has 0 bridgehead atoms. The third-order valence-corrected chi connectivity index (χ3v) is 10.8. The Morgan fingerprint density at radius 1 is 0.880 bits per heavy atom. The summed E-state index contributed by atoms with van der Waals surface area (Å²) in [6.07, 6.45) is 0.531. The Bertz CT molecular complexity index is 2340. The molecule has 7 aromatic rings. The van der Waals surface area contributed by atoms with Crippen molar-refractivity contribution >= 4 is 46.2 Å². The Kier molecular flexibility index (Phi) is 10.2. The van der Waals surface area contributed by atoms with Gasteiger partial charge in [-0.1, -0.05) is 107 Å². The molecule has 7 rings (SSSR count). The number of furan rings is 1. The van der Waals surface area contributed by atoms with E-state index in [1.54, 1.807) is 0 Å². The van der Waals surface area contributed by atoms with E-state index in [1.165, 1.54) is 5.56 Å². The molecule has 4 aromatic carbocycles. The molecule has 6 heteroatoms. The monoisotopic (exact) mass is 858 g/mol. The summed E-state index contributed by atoms with van der Waals surface area (Å²) < 4.78 is 25.8. The number of aromatic nitrogens is 3. The number of hydrogen-bond acceptors (Lipinski definition) is 3. The molecule has 4 nitrogen and oxygen atoms in total. The van der Waals surface area contributed by atoms with Gasteiger partial charge in [0.1, 0.15) is 5.58 Å². The van der Waals surface area contributed by atoms with E-state index in [2.05, 4.69) is 113 Å². The van der Waals surface area contributed by atoms with Crippen LogP contribution in [0.5, 0.6) is 0 Å². The number of para-hydroxylation sites is 3. The van der Waals surface area contributed by atoms with E-state index in [9.17, 15) is 0 Å². The number of imidazole rings is 1. The van der Waals surface area contributed by atoms with Crippen molar-refractivity contribution in [3.63, 3.8) is 0 Å². The summed E-state index contributed by atoms with van der Waals surface area (Å²) in [7, 11) is -1.71. The predicted molar refractivity (Wildman–Crippen MR) is 210 cm³/mol. The Labute approximate surface area is 315 Å². The Hall–Kier alpha value is -3.83. The molecule has 0 saturated heterocycles. The number of pyridine rings is 1. The van der Waals surface area contributed by atoms with Crippen LogP contribution in [0, 0.1) is 18.1 Å². The van der Waals surface area contributed by atoms with Gasteiger partial charge in [-0.05, 0) is 60.6 Å². The van der Waals surface area contributed by atoms with E-state index < -0.39 is 14.4 Å². The van der Waals surface area contributed by atoms with Crippen LogP contribution in [0.2, 0.25) is 19.6 Å². The summed E-state index contributed by atoms with van der Waals surface area (Å²) in [6.45, 7) is 21.6. The van der Waals surface area contributed by atoms with Gasteiger partial charge in [-0.15, -0.1) is 53.6 Å². The van der Waals surface area contributed by atoms with Crippen molar-refractivity contribution < 1.29 is 27.3 Å². The Balaban J connectivity index is 0.000000197. The van der Waals surface area contributed by atoms with Crippen molar-refractivity contribution in [1.82, 2.24) is 14.5 Å². The molecule has 3 heterocycles. The first-order valence-corrected chi connectivity index (χ1v) is 20.8. The first-order valence-electron chi connectivity index (χ1n) is 18.3. The second-order valence-corrected chi connectivity index (χ2v) is 20.5. The maximum atomic E-state index is 8.69. The number of rotatable bonds is 6. The van der Waals surface area contributed by atoms with Gasteiger partial charge in [-0.25, -0.2) is 0 Å². The van der Waals surface area contributed by atoms with Crippen LogP contribution in [0.3, 0.4) is 0 Å². The molecule has 3 aromatic heterocycles. The zero-order valence-corrected chi connectivity index (χ0v) is 34.3. The summed E-state index contributed by atoms with van der Waals surface area (Å²) in [5.41, 5.74) is 8.60. The maximum Gasteiger partial charge on any atom is 0.120 e. The largest absolute Gasteiger partial charge is 0.501 e. The van der Waals surface area contributed by atoms with Gasteiger partial charge in [-0.2, -0.15) is 0 Å². The van der Waals surface area contributed by atoms with Gasteiger partial charge in [-0.3, -0.25) is 4.98 Å². The molecular formula is C44H49IrN3OSi-2. The molecule has 0 saturated carbocycles. The van der Waals surface area contributed by atoms with Crippen LogP contribution >= 0.6 is 0 Å². The molecule has 50 heavy (non-hydrogen) atoms. The van der Waals surface area contributed by atoms with Gasteiger partial charge < -0.3 is 14.0 Å². The third kappa shape index (κ3) is 7.73. The molecular weight excluding hydrogens is 807 g/mol. The topological polar surface area (TPSA) is 43.9 Å². The second kappa shape index (κ2) is 14.8. The number of benzene rings is 4. The molecule has 0 amide bonds. The van der Waals surface area contributed by atoms with E-state index in [0.29, 0.717) is 0 Å². The maximum absolute atomic E-state index is 8.69. The van der Waals surface area contributed by atoms with Gasteiger partial charge >= 0.3 is 0 Å². The van der Waals surface area contributed by atoms with Crippen LogP contribution in [0.1, 0.15) is 68.4 Å². The summed E-state index contributed by atoms with van der Waals surface area (Å²) in [4.78, 5) is 9.61. The van der Waals surface area contributed by atoms with E-state index in [1.807, 2.05) is 62.5 Å². The summed E-state index contributed by atoms with van der Waals surface area (Å²) in [5.74, 6) is 0.804. The molecule has 1 radical (unpaired) electrons. The zero-order valence-electron chi connectivity index (χ0n) is 32.9. The standard InChI is InChI=1S/C22H17N2O.C22H32NSi.Ir/c1-14(2)24-19-12-5-4-11-18(19)23-22(24)17-10-7-9-16-15-8-3-6-13-20(15)25-21(16)17;1-16(2)12-18-14-20(23-15-21(18)24(6,7)8)17-10-9-11-19(13-17)22(3,4)5;/h3-9,11-14H,1-2H3;9,11,13-16H,12H2,1-8H3;/q2*-1;/i;12D2;. The first-order chi connectivity index (χ1) is 24.0. The molecule has 0 aliphatic heterocycles. The number of nitrogens with zero attached hydrogens (tertiary/aromatic N) is 3. The smallest absolute Gasteiger partial charge is 0.120 e. The normalized spacial score (nSPS) is 13.0. The summed E-state index contributed by atoms with van der Waals surface area (Å²) in [5, 5.41) is 3.33. The van der Waals surface area contributed by atoms with Gasteiger partial charge in [0, 0.05) is 40.5 Å². The van der Waals surface area contributed by atoms with Crippen LogP contribution in [0.15, 0.2) is 95.5 Å². The summed E-state index contributed by atoms with van der Waals surface area (Å²) in [6, 6.07) is 35.5. The van der Waals surface area contributed by atoms with Crippen molar-refractivity contribution in [2.75, 3.05) is 0 Å². The van der Waals surface area contributed by atoms with Crippen LogP contribution in [-0.2, 0) is 31.9 Å². The minimum Gasteiger partial charge on any atom is -0.501 e. The van der Waals surface area contributed by atoms with Gasteiger partial charge in [0.05, 0.1) is 30.5 Å². The van der Waals surface area contributed by atoms with Gasteiger partial charge in [0.25, 0.3) is 0 Å². The van der Waals surface area contributed by atoms with E-state index in [-0.39, 0.29) is 37.5 Å². The number of fused-ring (bicyclic) bond motifs is 4. The van der Waals surface area contributed by atoms with Crippen molar-refractivity contribution in [2.24, 2.45) is 5.92 Å². The van der Waals surface area contributed by atoms with Crippen LogP contribution < -0.4 is 5.19 Å². The van der Waals surface area contributed by atoms with Crippen molar-refractivity contribution in [3.8, 4) is 22.6 Å². The van der Waals surface area contributed by atoms with E-state index >= 15 is 0 Å². The molecule has 0 unspecified atom stereocenters. The fourth-order valence-corrected chi connectivity index (χ4v) is 7.72. The Morgan fingerprint density at radius 2 is 1.58 bits per heavy atom. The Morgan fingerprint density at radius 3 is 2.28 bits per heavy atom. The fourth-order valence-electron chi connectivity index (χ4n) is 6.31. The average molecular weight is 858 g/mol. The minimum absolute atomic E-state index is 0. The molecule has 0 N–H and O–H groups in total. The molecule has 0 aliphatic rings. The zero-order chi connectivity index (χ0) is 36.9. The first kappa shape index (κ1) is 34.6. The summed E-state index contributed by atoms with van der Waals surface area (Å²) >= 11 is 0.